The van der Waals surface area contributed by atoms with Gasteiger partial charge in [0.25, 0.3) is 5.91 Å². The van der Waals surface area contributed by atoms with E-state index in [1.54, 1.807) is 44.2 Å². The summed E-state index contributed by atoms with van der Waals surface area (Å²) < 4.78 is 21.4. The molecule has 1 fully saturated rings. The van der Waals surface area contributed by atoms with Crippen LogP contribution in [0.25, 0.3) is 0 Å². The highest BCUT2D eigenvalue weighted by molar-refractivity contribution is 7.99. The Morgan fingerprint density at radius 3 is 2.54 bits per heavy atom. The van der Waals surface area contributed by atoms with Gasteiger partial charge in [0, 0.05) is 23.9 Å². The summed E-state index contributed by atoms with van der Waals surface area (Å²) in [6.45, 7) is 0.922. The molecule has 2 aromatic carbocycles. The van der Waals surface area contributed by atoms with Gasteiger partial charge in [-0.15, -0.1) is 11.8 Å². The second-order valence-corrected chi connectivity index (χ2v) is 7.12. The topological polar surface area (TPSA) is 57.2 Å². The van der Waals surface area contributed by atoms with Gasteiger partial charge in [0.15, 0.2) is 11.5 Å². The lowest BCUT2D eigenvalue weighted by molar-refractivity contribution is 0.0759. The van der Waals surface area contributed by atoms with Crippen molar-refractivity contribution in [3.8, 4) is 23.0 Å². The molecule has 4 rings (SSSR count). The zero-order valence-electron chi connectivity index (χ0n) is 14.6. The average Bonchev–Trinajstić information content (AvgIpc) is 3.35. The summed E-state index contributed by atoms with van der Waals surface area (Å²) in [5.41, 5.74) is 1.58. The minimum absolute atomic E-state index is 0.0464. The van der Waals surface area contributed by atoms with Gasteiger partial charge in [-0.25, -0.2) is 0 Å². The van der Waals surface area contributed by atoms with Gasteiger partial charge in [0.2, 0.25) is 6.79 Å². The molecule has 1 amide bonds. The maximum absolute atomic E-state index is 13.1. The van der Waals surface area contributed by atoms with Crippen molar-refractivity contribution in [2.24, 2.45) is 0 Å². The second kappa shape index (κ2) is 6.99. The zero-order chi connectivity index (χ0) is 18.1. The number of carbonyl (C=O) groups excluding carboxylic acids is 1. The minimum Gasteiger partial charge on any atom is -0.497 e. The van der Waals surface area contributed by atoms with E-state index in [1.807, 2.05) is 23.1 Å². The van der Waals surface area contributed by atoms with Gasteiger partial charge >= 0.3 is 0 Å². The van der Waals surface area contributed by atoms with Crippen molar-refractivity contribution in [1.82, 2.24) is 4.90 Å². The predicted molar refractivity (Wildman–Crippen MR) is 98.3 cm³/mol. The number of hydrogen-bond donors (Lipinski definition) is 0. The van der Waals surface area contributed by atoms with Crippen LogP contribution in [0.2, 0.25) is 0 Å². The van der Waals surface area contributed by atoms with E-state index in [0.717, 1.165) is 22.8 Å². The monoisotopic (exact) mass is 373 g/mol. The van der Waals surface area contributed by atoms with Gasteiger partial charge < -0.3 is 23.8 Å². The SMILES string of the molecule is COc1cc(OC)cc(C(=O)N2CCS[C@@H]2c2ccc3c(c2)OCO3)c1. The van der Waals surface area contributed by atoms with E-state index in [4.69, 9.17) is 18.9 Å². The Bertz CT molecular complexity index is 818. The van der Waals surface area contributed by atoms with E-state index in [-0.39, 0.29) is 18.1 Å². The molecule has 2 aromatic rings. The third-order valence-corrected chi connectivity index (χ3v) is 5.69. The molecule has 0 saturated carbocycles. The molecule has 136 valence electrons. The fourth-order valence-electron chi connectivity index (χ4n) is 3.12. The van der Waals surface area contributed by atoms with Crippen LogP contribution in [0.15, 0.2) is 36.4 Å². The first-order valence-corrected chi connectivity index (χ1v) is 9.29. The number of methoxy groups -OCH3 is 2. The fraction of sp³-hybridized carbons (Fsp3) is 0.316. The van der Waals surface area contributed by atoms with E-state index in [2.05, 4.69) is 0 Å². The average molecular weight is 373 g/mol. The minimum atomic E-state index is -0.0609. The van der Waals surface area contributed by atoms with Gasteiger partial charge in [-0.05, 0) is 29.8 Å². The summed E-state index contributed by atoms with van der Waals surface area (Å²) in [6.07, 6.45) is 0. The van der Waals surface area contributed by atoms with Crippen LogP contribution in [0.1, 0.15) is 21.3 Å². The van der Waals surface area contributed by atoms with E-state index in [0.29, 0.717) is 23.6 Å². The number of benzene rings is 2. The van der Waals surface area contributed by atoms with Crippen LogP contribution in [0, 0.1) is 0 Å². The van der Waals surface area contributed by atoms with Crippen LogP contribution >= 0.6 is 11.8 Å². The van der Waals surface area contributed by atoms with Gasteiger partial charge in [-0.2, -0.15) is 0 Å². The number of carbonyl (C=O) groups is 1. The predicted octanol–water partition coefficient (Wildman–Crippen LogP) is 3.32. The number of amides is 1. The molecule has 26 heavy (non-hydrogen) atoms. The molecule has 0 bridgehead atoms. The van der Waals surface area contributed by atoms with E-state index in [1.165, 1.54) is 0 Å². The summed E-state index contributed by atoms with van der Waals surface area (Å²) in [4.78, 5) is 15.0. The van der Waals surface area contributed by atoms with Crippen molar-refractivity contribution in [2.75, 3.05) is 33.3 Å². The van der Waals surface area contributed by atoms with E-state index < -0.39 is 0 Å². The van der Waals surface area contributed by atoms with Crippen LogP contribution < -0.4 is 18.9 Å². The number of fused-ring (bicyclic) bond motifs is 1. The Hall–Kier alpha value is -2.54. The lowest BCUT2D eigenvalue weighted by Crippen LogP contribution is -2.30. The first-order valence-electron chi connectivity index (χ1n) is 8.25. The zero-order valence-corrected chi connectivity index (χ0v) is 15.4. The van der Waals surface area contributed by atoms with Gasteiger partial charge in [0.05, 0.1) is 14.2 Å². The molecule has 0 unspecified atom stereocenters. The van der Waals surface area contributed by atoms with Gasteiger partial charge in [-0.3, -0.25) is 4.79 Å². The quantitative estimate of drug-likeness (QED) is 0.820. The van der Waals surface area contributed by atoms with Crippen molar-refractivity contribution in [1.29, 1.82) is 0 Å². The Morgan fingerprint density at radius 1 is 1.08 bits per heavy atom. The summed E-state index contributed by atoms with van der Waals surface area (Å²) in [5.74, 6) is 3.50. The van der Waals surface area contributed by atoms with Crippen molar-refractivity contribution in [3.05, 3.63) is 47.5 Å². The van der Waals surface area contributed by atoms with Crippen LogP contribution in [-0.2, 0) is 0 Å². The molecule has 0 spiro atoms. The molecule has 0 aliphatic carbocycles. The number of hydrogen-bond acceptors (Lipinski definition) is 6. The molecular formula is C19H19NO5S. The number of thioether (sulfide) groups is 1. The fourth-order valence-corrected chi connectivity index (χ4v) is 4.36. The van der Waals surface area contributed by atoms with Crippen LogP contribution in [0.4, 0.5) is 0 Å². The smallest absolute Gasteiger partial charge is 0.255 e. The lowest BCUT2D eigenvalue weighted by atomic mass is 10.1. The molecule has 0 N–H and O–H groups in total. The molecule has 0 radical (unpaired) electrons. The normalized spacial score (nSPS) is 18.1. The summed E-state index contributed by atoms with van der Waals surface area (Å²) in [6, 6.07) is 11.1. The highest BCUT2D eigenvalue weighted by Gasteiger charge is 2.32. The molecule has 7 heteroatoms. The summed E-state index contributed by atoms with van der Waals surface area (Å²) >= 11 is 1.74. The van der Waals surface area contributed by atoms with Crippen LogP contribution in [0.3, 0.4) is 0 Å². The molecule has 1 saturated heterocycles. The first kappa shape index (κ1) is 16.9. The highest BCUT2D eigenvalue weighted by atomic mass is 32.2. The Labute approximate surface area is 156 Å². The van der Waals surface area contributed by atoms with Crippen LogP contribution in [0.5, 0.6) is 23.0 Å². The van der Waals surface area contributed by atoms with E-state index in [9.17, 15) is 4.79 Å². The molecular weight excluding hydrogens is 354 g/mol. The standard InChI is InChI=1S/C19H19NO5S/c1-22-14-7-13(8-15(10-14)23-2)18(21)20-5-6-26-19(20)12-3-4-16-17(9-12)25-11-24-16/h3-4,7-10,19H,5-6,11H2,1-2H3/t19-/m1/s1. The Morgan fingerprint density at radius 2 is 1.81 bits per heavy atom. The first-order chi connectivity index (χ1) is 12.7. The maximum atomic E-state index is 13.1. The number of nitrogens with zero attached hydrogens (tertiary/aromatic N) is 1. The molecule has 2 aliphatic rings. The number of ether oxygens (including phenoxy) is 4. The van der Waals surface area contributed by atoms with Gasteiger partial charge in [0.1, 0.15) is 16.9 Å². The summed E-state index contributed by atoms with van der Waals surface area (Å²) in [7, 11) is 3.15. The maximum Gasteiger partial charge on any atom is 0.255 e. The van der Waals surface area contributed by atoms with Gasteiger partial charge in [-0.1, -0.05) is 6.07 Å². The van der Waals surface area contributed by atoms with Crippen LogP contribution in [-0.4, -0.2) is 44.1 Å². The van der Waals surface area contributed by atoms with Crippen molar-refractivity contribution >= 4 is 17.7 Å². The molecule has 2 heterocycles. The molecule has 1 atom stereocenters. The lowest BCUT2D eigenvalue weighted by Gasteiger charge is -2.24. The molecule has 6 nitrogen and oxygen atoms in total. The third kappa shape index (κ3) is 3.03. The highest BCUT2D eigenvalue weighted by Crippen LogP contribution is 2.43. The Kier molecular flexibility index (Phi) is 4.55. The van der Waals surface area contributed by atoms with Crippen molar-refractivity contribution in [3.63, 3.8) is 0 Å². The molecule has 2 aliphatic heterocycles. The largest absolute Gasteiger partial charge is 0.497 e. The third-order valence-electron chi connectivity index (χ3n) is 4.43. The Balaban J connectivity index is 1.63. The summed E-state index contributed by atoms with van der Waals surface area (Å²) in [5, 5.41) is -0.0609. The van der Waals surface area contributed by atoms with E-state index >= 15 is 0 Å². The number of rotatable bonds is 4. The van der Waals surface area contributed by atoms with Crippen molar-refractivity contribution in [2.45, 2.75) is 5.37 Å². The van der Waals surface area contributed by atoms with Crippen molar-refractivity contribution < 1.29 is 23.7 Å². The molecule has 0 aromatic heterocycles. The second-order valence-electron chi connectivity index (χ2n) is 5.94.